The first-order valence-electron chi connectivity index (χ1n) is 7.10. The molecule has 0 saturated heterocycles. The fourth-order valence-electron chi connectivity index (χ4n) is 2.31. The molecule has 5 nitrogen and oxygen atoms in total. The Bertz CT molecular complexity index is 1040. The van der Waals surface area contributed by atoms with Gasteiger partial charge in [-0.2, -0.15) is 0 Å². The zero-order chi connectivity index (χ0) is 16.5. The van der Waals surface area contributed by atoms with Gasteiger partial charge in [-0.25, -0.2) is 4.98 Å². The van der Waals surface area contributed by atoms with Crippen LogP contribution in [0.15, 0.2) is 75.6 Å². The molecule has 0 N–H and O–H groups in total. The molecule has 4 rings (SSSR count). The van der Waals surface area contributed by atoms with Crippen LogP contribution in [0.3, 0.4) is 0 Å². The molecule has 0 unspecified atom stereocenters. The molecule has 0 radical (unpaired) electrons. The van der Waals surface area contributed by atoms with Gasteiger partial charge in [-0.3, -0.25) is 4.40 Å². The van der Waals surface area contributed by atoms with Crippen LogP contribution in [0.1, 0.15) is 0 Å². The van der Waals surface area contributed by atoms with E-state index in [0.717, 1.165) is 0 Å². The fourth-order valence-corrected chi connectivity index (χ4v) is 2.65. The van der Waals surface area contributed by atoms with Gasteiger partial charge in [-0.05, 0) is 36.4 Å². The van der Waals surface area contributed by atoms with Crippen molar-refractivity contribution in [3.8, 4) is 11.5 Å². The van der Waals surface area contributed by atoms with Crippen LogP contribution in [0.25, 0.3) is 17.1 Å². The van der Waals surface area contributed by atoms with Crippen LogP contribution in [-0.4, -0.2) is 9.38 Å². The van der Waals surface area contributed by atoms with Crippen molar-refractivity contribution < 1.29 is 4.42 Å². The van der Waals surface area contributed by atoms with Crippen molar-refractivity contribution in [2.45, 2.75) is 0 Å². The number of rotatable bonds is 3. The van der Waals surface area contributed by atoms with E-state index in [1.165, 1.54) is 0 Å². The van der Waals surface area contributed by atoms with Gasteiger partial charge in [0.05, 0.1) is 16.3 Å². The first-order valence-corrected chi connectivity index (χ1v) is 7.86. The van der Waals surface area contributed by atoms with Gasteiger partial charge < -0.3 is 4.42 Å². The number of furan rings is 1. The molecule has 24 heavy (non-hydrogen) atoms. The molecule has 7 heteroatoms. The zero-order valence-corrected chi connectivity index (χ0v) is 13.7. The van der Waals surface area contributed by atoms with E-state index < -0.39 is 0 Å². The second kappa shape index (κ2) is 6.11. The molecule has 0 amide bonds. The summed E-state index contributed by atoms with van der Waals surface area (Å²) in [7, 11) is 0. The minimum Gasteiger partial charge on any atom is -0.463 e. The Morgan fingerprint density at radius 3 is 2.62 bits per heavy atom. The summed E-state index contributed by atoms with van der Waals surface area (Å²) in [6.07, 6.45) is 3.32. The maximum atomic E-state index is 6.13. The summed E-state index contributed by atoms with van der Waals surface area (Å²) in [6, 6.07) is 14.4. The third kappa shape index (κ3) is 2.68. The number of hydrogen-bond acceptors (Lipinski definition) is 4. The summed E-state index contributed by atoms with van der Waals surface area (Å²) >= 11 is 12.2. The molecule has 0 bridgehead atoms. The Morgan fingerprint density at radius 1 is 0.958 bits per heavy atom. The van der Waals surface area contributed by atoms with Crippen molar-refractivity contribution in [2.75, 3.05) is 0 Å². The highest BCUT2D eigenvalue weighted by Gasteiger charge is 2.16. The molecule has 0 aliphatic rings. The highest BCUT2D eigenvalue weighted by molar-refractivity contribution is 6.32. The Morgan fingerprint density at radius 2 is 1.83 bits per heavy atom. The van der Waals surface area contributed by atoms with Gasteiger partial charge in [-0.15, -0.1) is 10.2 Å². The summed E-state index contributed by atoms with van der Waals surface area (Å²) < 4.78 is 7.22. The third-order valence-corrected chi connectivity index (χ3v) is 3.96. The smallest absolute Gasteiger partial charge is 0.190 e. The number of pyridine rings is 1. The van der Waals surface area contributed by atoms with E-state index >= 15 is 0 Å². The van der Waals surface area contributed by atoms with Crippen LogP contribution in [0.4, 0.5) is 11.5 Å². The SMILES string of the molecule is Clc1ccc2nc(-c3ccco3)c(N=Nc3ccccc3Cl)n2c1. The summed E-state index contributed by atoms with van der Waals surface area (Å²) in [6.45, 7) is 0. The summed E-state index contributed by atoms with van der Waals surface area (Å²) in [5.41, 5.74) is 1.85. The molecule has 0 aliphatic carbocycles. The van der Waals surface area contributed by atoms with Crippen molar-refractivity contribution >= 4 is 40.4 Å². The van der Waals surface area contributed by atoms with Gasteiger partial charge in [-0.1, -0.05) is 35.3 Å². The van der Waals surface area contributed by atoms with E-state index in [-0.39, 0.29) is 0 Å². The lowest BCUT2D eigenvalue weighted by Crippen LogP contribution is -1.82. The maximum absolute atomic E-state index is 6.13. The van der Waals surface area contributed by atoms with Gasteiger partial charge in [0.15, 0.2) is 17.3 Å². The average Bonchev–Trinajstić information content (AvgIpc) is 3.21. The minimum absolute atomic E-state index is 0.516. The average molecular weight is 357 g/mol. The summed E-state index contributed by atoms with van der Waals surface area (Å²) in [4.78, 5) is 4.55. The number of imidazole rings is 1. The molecule has 0 fully saturated rings. The van der Waals surface area contributed by atoms with Gasteiger partial charge >= 0.3 is 0 Å². The molecule has 0 saturated carbocycles. The Balaban J connectivity index is 1.90. The van der Waals surface area contributed by atoms with Crippen LogP contribution in [0.5, 0.6) is 0 Å². The quantitative estimate of drug-likeness (QED) is 0.403. The Labute approximate surface area is 147 Å². The zero-order valence-electron chi connectivity index (χ0n) is 12.2. The normalized spacial score (nSPS) is 11.6. The summed E-state index contributed by atoms with van der Waals surface area (Å²) in [5.74, 6) is 1.12. The molecule has 3 heterocycles. The molecule has 0 spiro atoms. The molecular formula is C17H10Cl2N4O. The van der Waals surface area contributed by atoms with E-state index in [1.54, 1.807) is 41.1 Å². The number of nitrogens with zero attached hydrogens (tertiary/aromatic N) is 4. The number of aromatic nitrogens is 2. The van der Waals surface area contributed by atoms with Crippen molar-refractivity contribution in [2.24, 2.45) is 10.2 Å². The number of hydrogen-bond donors (Lipinski definition) is 0. The van der Waals surface area contributed by atoms with Crippen LogP contribution >= 0.6 is 23.2 Å². The van der Waals surface area contributed by atoms with E-state index in [4.69, 9.17) is 27.6 Å². The highest BCUT2D eigenvalue weighted by atomic mass is 35.5. The van der Waals surface area contributed by atoms with Crippen LogP contribution in [0.2, 0.25) is 10.0 Å². The molecule has 118 valence electrons. The number of halogens is 2. The lowest BCUT2D eigenvalue weighted by Gasteiger charge is -1.99. The predicted molar refractivity (Wildman–Crippen MR) is 93.5 cm³/mol. The standard InChI is InChI=1S/C17H10Cl2N4O/c18-11-7-8-15-20-16(14-6-3-9-24-14)17(23(15)10-11)22-21-13-5-2-1-4-12(13)19/h1-10H. The van der Waals surface area contributed by atoms with Crippen molar-refractivity contribution in [1.29, 1.82) is 0 Å². The van der Waals surface area contributed by atoms with E-state index in [2.05, 4.69) is 15.2 Å². The second-order valence-electron chi connectivity index (χ2n) is 4.99. The number of azo groups is 1. The predicted octanol–water partition coefficient (Wildman–Crippen LogP) is 6.32. The van der Waals surface area contributed by atoms with Crippen LogP contribution in [0, 0.1) is 0 Å². The van der Waals surface area contributed by atoms with Crippen LogP contribution < -0.4 is 0 Å². The maximum Gasteiger partial charge on any atom is 0.190 e. The van der Waals surface area contributed by atoms with Crippen molar-refractivity contribution in [1.82, 2.24) is 9.38 Å². The van der Waals surface area contributed by atoms with E-state index in [1.807, 2.05) is 24.3 Å². The monoisotopic (exact) mass is 356 g/mol. The minimum atomic E-state index is 0.516. The molecule has 1 aromatic carbocycles. The van der Waals surface area contributed by atoms with Crippen molar-refractivity contribution in [3.05, 3.63) is 71.0 Å². The van der Waals surface area contributed by atoms with Crippen molar-refractivity contribution in [3.63, 3.8) is 0 Å². The van der Waals surface area contributed by atoms with Gasteiger partial charge in [0, 0.05) is 6.20 Å². The van der Waals surface area contributed by atoms with Crippen LogP contribution in [-0.2, 0) is 0 Å². The Kier molecular flexibility index (Phi) is 3.80. The lowest BCUT2D eigenvalue weighted by molar-refractivity contribution is 0.580. The van der Waals surface area contributed by atoms with E-state index in [9.17, 15) is 0 Å². The third-order valence-electron chi connectivity index (χ3n) is 3.42. The van der Waals surface area contributed by atoms with Gasteiger partial charge in [0.25, 0.3) is 0 Å². The largest absolute Gasteiger partial charge is 0.463 e. The molecular weight excluding hydrogens is 347 g/mol. The molecule has 0 aliphatic heterocycles. The summed E-state index contributed by atoms with van der Waals surface area (Å²) in [5, 5.41) is 9.68. The number of benzene rings is 1. The molecule has 3 aromatic heterocycles. The van der Waals surface area contributed by atoms with Gasteiger partial charge in [0.1, 0.15) is 11.3 Å². The first-order chi connectivity index (χ1) is 11.7. The molecule has 4 aromatic rings. The number of fused-ring (bicyclic) bond motifs is 1. The van der Waals surface area contributed by atoms with E-state index in [0.29, 0.717) is 38.7 Å². The molecule has 0 atom stereocenters. The fraction of sp³-hybridized carbons (Fsp3) is 0. The topological polar surface area (TPSA) is 55.2 Å². The van der Waals surface area contributed by atoms with Gasteiger partial charge in [0.2, 0.25) is 0 Å². The highest BCUT2D eigenvalue weighted by Crippen LogP contribution is 2.34. The first kappa shape index (κ1) is 14.9. The lowest BCUT2D eigenvalue weighted by atomic mass is 10.3. The Hall–Kier alpha value is -2.63. The second-order valence-corrected chi connectivity index (χ2v) is 5.83.